The van der Waals surface area contributed by atoms with Crippen LogP contribution in [0.3, 0.4) is 0 Å². The van der Waals surface area contributed by atoms with Gasteiger partial charge < -0.3 is 0 Å². The van der Waals surface area contributed by atoms with E-state index >= 15 is 0 Å². The molecule has 0 aromatic heterocycles. The highest BCUT2D eigenvalue weighted by atomic mass is 19.2. The summed E-state index contributed by atoms with van der Waals surface area (Å²) in [5.74, 6) is -4.60. The Kier molecular flexibility index (Phi) is 4.01. The number of rotatable bonds is 2. The Bertz CT molecular complexity index is 711. The van der Waals surface area contributed by atoms with E-state index in [1.807, 2.05) is 0 Å². The van der Waals surface area contributed by atoms with Gasteiger partial charge in [0.15, 0.2) is 17.5 Å². The van der Waals surface area contributed by atoms with Gasteiger partial charge >= 0.3 is 0 Å². The van der Waals surface area contributed by atoms with Crippen LogP contribution in [0, 0.1) is 23.3 Å². The first-order valence-electron chi connectivity index (χ1n) is 7.17. The number of hydrogen-bond acceptors (Lipinski definition) is 0. The molecule has 0 heterocycles. The van der Waals surface area contributed by atoms with Crippen molar-refractivity contribution in [1.82, 2.24) is 0 Å². The largest absolute Gasteiger partial charge is 0.206 e. The first kappa shape index (κ1) is 14.8. The Morgan fingerprint density at radius 2 is 1.59 bits per heavy atom. The molecule has 1 atom stereocenters. The summed E-state index contributed by atoms with van der Waals surface area (Å²) in [4.78, 5) is 0. The smallest absolute Gasteiger partial charge is 0.194 e. The number of hydrogen-bond donors (Lipinski definition) is 0. The van der Waals surface area contributed by atoms with Gasteiger partial charge in [-0.3, -0.25) is 0 Å². The number of benzene rings is 2. The highest BCUT2D eigenvalue weighted by Gasteiger charge is 2.16. The molecule has 0 aliphatic heterocycles. The van der Waals surface area contributed by atoms with Gasteiger partial charge in [-0.25, -0.2) is 17.6 Å². The summed E-state index contributed by atoms with van der Waals surface area (Å²) in [6, 6.07) is 6.22. The van der Waals surface area contributed by atoms with Crippen LogP contribution in [0.1, 0.15) is 30.7 Å². The number of halogens is 4. The van der Waals surface area contributed by atoms with Crippen LogP contribution >= 0.6 is 0 Å². The predicted molar refractivity (Wildman–Crippen MR) is 77.4 cm³/mol. The first-order valence-corrected chi connectivity index (χ1v) is 7.17. The summed E-state index contributed by atoms with van der Waals surface area (Å²) in [7, 11) is 0. The van der Waals surface area contributed by atoms with Crippen molar-refractivity contribution in [2.45, 2.75) is 25.2 Å². The van der Waals surface area contributed by atoms with Crippen LogP contribution < -0.4 is 0 Å². The Balaban J connectivity index is 1.99. The van der Waals surface area contributed by atoms with E-state index in [0.29, 0.717) is 0 Å². The third kappa shape index (κ3) is 2.78. The minimum absolute atomic E-state index is 0.0142. The fourth-order valence-electron chi connectivity index (χ4n) is 2.80. The highest BCUT2D eigenvalue weighted by Crippen LogP contribution is 2.32. The van der Waals surface area contributed by atoms with Crippen molar-refractivity contribution >= 4 is 0 Å². The van der Waals surface area contributed by atoms with Crippen LogP contribution in [0.15, 0.2) is 42.5 Å². The van der Waals surface area contributed by atoms with E-state index in [9.17, 15) is 17.6 Å². The maximum Gasteiger partial charge on any atom is 0.194 e. The zero-order chi connectivity index (χ0) is 15.7. The van der Waals surface area contributed by atoms with Crippen LogP contribution in [0.25, 0.3) is 11.1 Å². The topological polar surface area (TPSA) is 0 Å². The normalized spacial score (nSPS) is 17.7. The standard InChI is InChI=1S/C18H14F4/c19-15-8-12(11-4-2-1-3-5-11)6-7-14(15)13-9-16(20)18(22)17(21)10-13/h2,4,6-11H,1,3,5H2. The molecule has 2 aromatic carbocycles. The summed E-state index contributed by atoms with van der Waals surface area (Å²) in [5, 5.41) is 0. The summed E-state index contributed by atoms with van der Waals surface area (Å²) in [5.41, 5.74) is 0.876. The molecule has 0 N–H and O–H groups in total. The fraction of sp³-hybridized carbons (Fsp3) is 0.222. The zero-order valence-electron chi connectivity index (χ0n) is 11.8. The van der Waals surface area contributed by atoms with E-state index < -0.39 is 23.3 Å². The van der Waals surface area contributed by atoms with Crippen molar-refractivity contribution in [3.05, 3.63) is 71.3 Å². The van der Waals surface area contributed by atoms with Gasteiger partial charge in [-0.05, 0) is 48.6 Å². The van der Waals surface area contributed by atoms with Crippen molar-refractivity contribution in [2.75, 3.05) is 0 Å². The molecule has 0 fully saturated rings. The van der Waals surface area contributed by atoms with Gasteiger partial charge in [0.2, 0.25) is 0 Å². The van der Waals surface area contributed by atoms with E-state index in [-0.39, 0.29) is 17.0 Å². The van der Waals surface area contributed by atoms with Gasteiger partial charge in [0.1, 0.15) is 5.82 Å². The van der Waals surface area contributed by atoms with Gasteiger partial charge in [0.05, 0.1) is 0 Å². The molecule has 3 rings (SSSR count). The molecule has 22 heavy (non-hydrogen) atoms. The molecular weight excluding hydrogens is 292 g/mol. The lowest BCUT2D eigenvalue weighted by Crippen LogP contribution is -2.00. The van der Waals surface area contributed by atoms with E-state index in [4.69, 9.17) is 0 Å². The van der Waals surface area contributed by atoms with E-state index in [1.54, 1.807) is 6.07 Å². The second-order valence-corrected chi connectivity index (χ2v) is 5.46. The summed E-state index contributed by atoms with van der Waals surface area (Å²) in [6.07, 6.45) is 7.17. The highest BCUT2D eigenvalue weighted by molar-refractivity contribution is 5.65. The average molecular weight is 306 g/mol. The van der Waals surface area contributed by atoms with Crippen molar-refractivity contribution in [1.29, 1.82) is 0 Å². The van der Waals surface area contributed by atoms with Crippen LogP contribution in [0.5, 0.6) is 0 Å². The molecule has 0 nitrogen and oxygen atoms in total. The lowest BCUT2D eigenvalue weighted by atomic mass is 9.88. The Morgan fingerprint density at radius 3 is 2.18 bits per heavy atom. The van der Waals surface area contributed by atoms with E-state index in [1.165, 1.54) is 12.1 Å². The van der Waals surface area contributed by atoms with Gasteiger partial charge in [0.25, 0.3) is 0 Å². The molecule has 2 aromatic rings. The van der Waals surface area contributed by atoms with Gasteiger partial charge in [-0.1, -0.05) is 24.3 Å². The third-order valence-electron chi connectivity index (χ3n) is 3.97. The van der Waals surface area contributed by atoms with Gasteiger partial charge in [-0.15, -0.1) is 0 Å². The summed E-state index contributed by atoms with van der Waals surface area (Å²) < 4.78 is 53.8. The van der Waals surface area contributed by atoms with Gasteiger partial charge in [0, 0.05) is 11.5 Å². The van der Waals surface area contributed by atoms with Crippen LogP contribution in [0.4, 0.5) is 17.6 Å². The third-order valence-corrected chi connectivity index (χ3v) is 3.97. The van der Waals surface area contributed by atoms with Crippen molar-refractivity contribution in [2.24, 2.45) is 0 Å². The molecule has 0 spiro atoms. The molecular formula is C18H14F4. The first-order chi connectivity index (χ1) is 10.6. The Morgan fingerprint density at radius 1 is 0.864 bits per heavy atom. The minimum atomic E-state index is -1.55. The SMILES string of the molecule is Fc1cc(C2C=CCCC2)ccc1-c1cc(F)c(F)c(F)c1. The molecule has 0 radical (unpaired) electrons. The quantitative estimate of drug-likeness (QED) is 0.377. The van der Waals surface area contributed by atoms with E-state index in [0.717, 1.165) is 37.0 Å². The second kappa shape index (κ2) is 5.95. The molecule has 114 valence electrons. The zero-order valence-corrected chi connectivity index (χ0v) is 11.8. The average Bonchev–Trinajstić information content (AvgIpc) is 2.53. The summed E-state index contributed by atoms with van der Waals surface area (Å²) in [6.45, 7) is 0. The van der Waals surface area contributed by atoms with Gasteiger partial charge in [-0.2, -0.15) is 0 Å². The maximum absolute atomic E-state index is 14.3. The summed E-state index contributed by atoms with van der Waals surface area (Å²) >= 11 is 0. The van der Waals surface area contributed by atoms with Crippen molar-refractivity contribution < 1.29 is 17.6 Å². The fourth-order valence-corrected chi connectivity index (χ4v) is 2.80. The molecule has 1 aliphatic carbocycles. The van der Waals surface area contributed by atoms with Crippen molar-refractivity contribution in [3.63, 3.8) is 0 Å². The maximum atomic E-state index is 14.3. The Labute approximate surface area is 126 Å². The molecule has 1 unspecified atom stereocenters. The monoisotopic (exact) mass is 306 g/mol. The molecule has 0 amide bonds. The van der Waals surface area contributed by atoms with Crippen molar-refractivity contribution in [3.8, 4) is 11.1 Å². The molecule has 0 saturated heterocycles. The molecule has 0 saturated carbocycles. The molecule has 0 bridgehead atoms. The molecule has 4 heteroatoms. The van der Waals surface area contributed by atoms with E-state index in [2.05, 4.69) is 12.2 Å². The van der Waals surface area contributed by atoms with Crippen LogP contribution in [0.2, 0.25) is 0 Å². The van der Waals surface area contributed by atoms with Crippen LogP contribution in [-0.2, 0) is 0 Å². The van der Waals surface area contributed by atoms with Crippen LogP contribution in [-0.4, -0.2) is 0 Å². The lowest BCUT2D eigenvalue weighted by molar-refractivity contribution is 0.447. The number of allylic oxidation sites excluding steroid dienone is 2. The molecule has 1 aliphatic rings. The Hall–Kier alpha value is -2.10. The lowest BCUT2D eigenvalue weighted by Gasteiger charge is -2.17. The minimum Gasteiger partial charge on any atom is -0.206 e. The predicted octanol–water partition coefficient (Wildman–Crippen LogP) is 5.73. The second-order valence-electron chi connectivity index (χ2n) is 5.46.